The van der Waals surface area contributed by atoms with Gasteiger partial charge in [-0.25, -0.2) is 9.20 Å². The summed E-state index contributed by atoms with van der Waals surface area (Å²) in [6, 6.07) is 7.89. The van der Waals surface area contributed by atoms with E-state index >= 15 is 0 Å². The van der Waals surface area contributed by atoms with Gasteiger partial charge in [-0.05, 0) is 51.1 Å². The van der Waals surface area contributed by atoms with Gasteiger partial charge in [0.1, 0.15) is 41.3 Å². The van der Waals surface area contributed by atoms with Crippen LogP contribution in [-0.4, -0.2) is 56.4 Å². The minimum Gasteiger partial charge on any atom is -0.488 e. The molecule has 0 spiro atoms. The fourth-order valence-corrected chi connectivity index (χ4v) is 4.71. The largest absolute Gasteiger partial charge is 0.488 e. The van der Waals surface area contributed by atoms with Gasteiger partial charge in [0.05, 0.1) is 28.6 Å². The van der Waals surface area contributed by atoms with E-state index in [1.807, 2.05) is 23.9 Å². The minimum atomic E-state index is -0.497. The molecule has 0 saturated carbocycles. The molecule has 0 amide bonds. The number of piperidine rings is 1. The molecule has 1 unspecified atom stereocenters. The summed E-state index contributed by atoms with van der Waals surface area (Å²) in [7, 11) is 1.58. The van der Waals surface area contributed by atoms with Gasteiger partial charge >= 0.3 is 0 Å². The number of aromatic nitrogens is 6. The molecule has 1 saturated heterocycles. The van der Waals surface area contributed by atoms with Crippen molar-refractivity contribution in [1.29, 1.82) is 5.26 Å². The lowest BCUT2D eigenvalue weighted by atomic mass is 10.1. The number of pyridine rings is 2. The van der Waals surface area contributed by atoms with Crippen LogP contribution in [-0.2, 0) is 4.74 Å². The molecular weight excluding hydrogens is 503 g/mol. The molecule has 1 fully saturated rings. The SMILES string of the molecule is COC(COc1cc(-c2nnn(C3CCNCC3)c2C)cn2ncc(C#N)c12)c1ncccc1Cl.Cl. The smallest absolute Gasteiger partial charge is 0.147 e. The molecule has 0 aromatic carbocycles. The highest BCUT2D eigenvalue weighted by atomic mass is 35.5. The van der Waals surface area contributed by atoms with Crippen LogP contribution >= 0.6 is 24.0 Å². The predicted molar refractivity (Wildman–Crippen MR) is 137 cm³/mol. The van der Waals surface area contributed by atoms with Crippen molar-refractivity contribution in [2.45, 2.75) is 31.9 Å². The maximum absolute atomic E-state index is 9.62. The summed E-state index contributed by atoms with van der Waals surface area (Å²) >= 11 is 6.32. The van der Waals surface area contributed by atoms with E-state index < -0.39 is 6.10 Å². The highest BCUT2D eigenvalue weighted by molar-refractivity contribution is 6.31. The first kappa shape index (κ1) is 25.9. The molecule has 5 heterocycles. The molecule has 36 heavy (non-hydrogen) atoms. The molecule has 1 atom stereocenters. The summed E-state index contributed by atoms with van der Waals surface area (Å²) in [6.07, 6.45) is 6.55. The Balaban J connectivity index is 0.00000304. The Morgan fingerprint density at radius 1 is 1.33 bits per heavy atom. The van der Waals surface area contributed by atoms with Gasteiger partial charge < -0.3 is 14.8 Å². The van der Waals surface area contributed by atoms with Crippen LogP contribution in [0.4, 0.5) is 0 Å². The van der Waals surface area contributed by atoms with Crippen molar-refractivity contribution in [3.05, 3.63) is 58.8 Å². The Hall–Kier alpha value is -3.23. The Morgan fingerprint density at radius 3 is 2.86 bits per heavy atom. The highest BCUT2D eigenvalue weighted by Gasteiger charge is 2.23. The third-order valence-electron chi connectivity index (χ3n) is 6.32. The fraction of sp³-hybridized carbons (Fsp3) is 0.375. The second-order valence-corrected chi connectivity index (χ2v) is 8.82. The van der Waals surface area contributed by atoms with E-state index in [0.29, 0.717) is 33.6 Å². The van der Waals surface area contributed by atoms with Crippen LogP contribution < -0.4 is 10.1 Å². The molecule has 0 bridgehead atoms. The van der Waals surface area contributed by atoms with Gasteiger partial charge in [-0.1, -0.05) is 16.8 Å². The fourth-order valence-electron chi connectivity index (χ4n) is 4.47. The lowest BCUT2D eigenvalue weighted by molar-refractivity contribution is 0.0550. The van der Waals surface area contributed by atoms with Crippen LogP contribution in [0.15, 0.2) is 36.8 Å². The maximum Gasteiger partial charge on any atom is 0.147 e. The molecule has 4 aromatic heterocycles. The molecule has 5 rings (SSSR count). The zero-order valence-electron chi connectivity index (χ0n) is 19.9. The number of nitrogens with zero attached hydrogens (tertiary/aromatic N) is 7. The van der Waals surface area contributed by atoms with E-state index in [1.165, 1.54) is 6.20 Å². The van der Waals surface area contributed by atoms with Gasteiger partial charge in [0.15, 0.2) is 0 Å². The summed E-state index contributed by atoms with van der Waals surface area (Å²) in [5.74, 6) is 0.487. The molecule has 1 aliphatic heterocycles. The van der Waals surface area contributed by atoms with Crippen LogP contribution in [0.1, 0.15) is 41.9 Å². The van der Waals surface area contributed by atoms with Gasteiger partial charge in [0, 0.05) is 25.1 Å². The third kappa shape index (κ3) is 4.88. The van der Waals surface area contributed by atoms with Crippen molar-refractivity contribution >= 4 is 29.5 Å². The average Bonchev–Trinajstić information content (AvgIpc) is 3.49. The van der Waals surface area contributed by atoms with Crippen molar-refractivity contribution in [2.24, 2.45) is 0 Å². The minimum absolute atomic E-state index is 0. The van der Waals surface area contributed by atoms with Gasteiger partial charge in [-0.3, -0.25) is 4.98 Å². The maximum atomic E-state index is 9.62. The van der Waals surface area contributed by atoms with Crippen molar-refractivity contribution in [2.75, 3.05) is 26.8 Å². The zero-order chi connectivity index (χ0) is 24.4. The first-order valence-electron chi connectivity index (χ1n) is 11.4. The molecule has 10 nitrogen and oxygen atoms in total. The third-order valence-corrected chi connectivity index (χ3v) is 6.64. The van der Waals surface area contributed by atoms with E-state index in [0.717, 1.165) is 42.9 Å². The first-order chi connectivity index (χ1) is 17.1. The molecule has 12 heteroatoms. The Morgan fingerprint density at radius 2 is 2.14 bits per heavy atom. The molecule has 1 aliphatic rings. The second-order valence-electron chi connectivity index (χ2n) is 8.41. The van der Waals surface area contributed by atoms with E-state index in [9.17, 15) is 5.26 Å². The highest BCUT2D eigenvalue weighted by Crippen LogP contribution is 2.33. The number of fused-ring (bicyclic) bond motifs is 1. The number of hydrogen-bond acceptors (Lipinski definition) is 8. The van der Waals surface area contributed by atoms with Crippen LogP contribution in [0.2, 0.25) is 5.02 Å². The quantitative estimate of drug-likeness (QED) is 0.383. The lowest BCUT2D eigenvalue weighted by Gasteiger charge is -2.23. The Kier molecular flexibility index (Phi) is 8.06. The first-order valence-corrected chi connectivity index (χ1v) is 11.8. The number of ether oxygens (including phenoxy) is 2. The number of hydrogen-bond donors (Lipinski definition) is 1. The summed E-state index contributed by atoms with van der Waals surface area (Å²) < 4.78 is 15.5. The predicted octanol–water partition coefficient (Wildman–Crippen LogP) is 3.93. The van der Waals surface area contributed by atoms with Crippen LogP contribution in [0, 0.1) is 18.3 Å². The molecular formula is C24H26Cl2N8O2. The van der Waals surface area contributed by atoms with Crippen molar-refractivity contribution in [1.82, 2.24) is 34.9 Å². The molecule has 188 valence electrons. The summed E-state index contributed by atoms with van der Waals surface area (Å²) in [5.41, 5.74) is 4.08. The summed E-state index contributed by atoms with van der Waals surface area (Å²) in [5, 5.41) is 26.8. The van der Waals surface area contributed by atoms with E-state index in [4.69, 9.17) is 21.1 Å². The molecule has 0 aliphatic carbocycles. The standard InChI is InChI=1S/C24H25ClN8O2.ClH/c1-15-22(30-31-33(15)18-5-8-27-9-6-18)16-10-20(24-17(11-26)12-29-32(24)13-16)35-14-21(34-2)23-19(25)4-3-7-28-23;/h3-4,7,10,12-13,18,21,27H,5-6,8-9,14H2,1-2H3;1H. The van der Waals surface area contributed by atoms with Crippen molar-refractivity contribution in [3.63, 3.8) is 0 Å². The van der Waals surface area contributed by atoms with Gasteiger partial charge in [0.25, 0.3) is 0 Å². The van der Waals surface area contributed by atoms with E-state index in [2.05, 4.69) is 31.8 Å². The molecule has 0 radical (unpaired) electrons. The topological polar surface area (TPSA) is 115 Å². The molecule has 1 N–H and O–H groups in total. The normalized spacial score (nSPS) is 14.8. The molecule has 4 aromatic rings. The number of methoxy groups -OCH3 is 1. The zero-order valence-corrected chi connectivity index (χ0v) is 21.5. The number of halogens is 2. The Labute approximate surface area is 219 Å². The van der Waals surface area contributed by atoms with Crippen molar-refractivity contribution in [3.8, 4) is 23.1 Å². The van der Waals surface area contributed by atoms with Crippen LogP contribution in [0.25, 0.3) is 16.8 Å². The van der Waals surface area contributed by atoms with Crippen LogP contribution in [0.3, 0.4) is 0 Å². The van der Waals surface area contributed by atoms with Crippen LogP contribution in [0.5, 0.6) is 5.75 Å². The second kappa shape index (κ2) is 11.2. The van der Waals surface area contributed by atoms with E-state index in [1.54, 1.807) is 30.0 Å². The van der Waals surface area contributed by atoms with Gasteiger partial charge in [-0.2, -0.15) is 10.4 Å². The van der Waals surface area contributed by atoms with E-state index in [-0.39, 0.29) is 19.0 Å². The van der Waals surface area contributed by atoms with Gasteiger partial charge in [-0.15, -0.1) is 17.5 Å². The average molecular weight is 529 g/mol. The van der Waals surface area contributed by atoms with Crippen molar-refractivity contribution < 1.29 is 9.47 Å². The Bertz CT molecular complexity index is 1390. The number of nitriles is 1. The summed E-state index contributed by atoms with van der Waals surface area (Å²) in [6.45, 7) is 4.10. The number of rotatable bonds is 7. The summed E-state index contributed by atoms with van der Waals surface area (Å²) in [4.78, 5) is 4.34. The van der Waals surface area contributed by atoms with Gasteiger partial charge in [0.2, 0.25) is 0 Å². The monoisotopic (exact) mass is 528 g/mol. The lowest BCUT2D eigenvalue weighted by Crippen LogP contribution is -2.30. The number of nitrogens with one attached hydrogen (secondary N) is 1.